The lowest BCUT2D eigenvalue weighted by atomic mass is 9.78. The number of ether oxygens (including phenoxy) is 21. The molecule has 789 valence electrons. The highest BCUT2D eigenvalue weighted by Gasteiger charge is 2.50. The first-order chi connectivity index (χ1) is 65.0. The predicted molar refractivity (Wildman–Crippen MR) is 518 cm³/mol. The molecule has 3 amide bonds. The van der Waals surface area contributed by atoms with Gasteiger partial charge in [0.15, 0.2) is 0 Å². The third-order valence-electron chi connectivity index (χ3n) is 24.3. The van der Waals surface area contributed by atoms with Crippen molar-refractivity contribution in [2.24, 2.45) is 0 Å². The Hall–Kier alpha value is -3.57. The van der Waals surface area contributed by atoms with Gasteiger partial charge in [-0.25, -0.2) is 0 Å². The largest absolute Gasteiger partial charge is 0.382 e. The normalized spacial score (nSPS) is 17.1. The number of amides is 3. The lowest BCUT2D eigenvalue weighted by Crippen LogP contribution is -2.62. The molecule has 3 saturated heterocycles. The minimum Gasteiger partial charge on any atom is -0.382 e. The summed E-state index contributed by atoms with van der Waals surface area (Å²) in [6, 6.07) is 5.73. The van der Waals surface area contributed by atoms with Crippen molar-refractivity contribution in [3.05, 3.63) is 18.2 Å². The van der Waals surface area contributed by atoms with Crippen molar-refractivity contribution in [1.29, 1.82) is 0 Å². The molecular formula is C99H186N9O27. The standard InChI is InChI=1S/C99H186N9O27/c1-94(2)79-88(80-95(3,4)106(94)112)103(34-43-121-52-55-127-64-67-133-73-70-130-61-58-124-49-46-115-13)31-40-118-37-25-19-16-22-28-91(109)100-85-76-86(101-92(110)29-23-17-20-26-38-119-41-32-104(89-81-96(5,6)107(113)97(7,8)82-89)35-44-122-53-56-128-65-68-134-74-71-131-62-59-125-50-47-116-14)78-87(77-85)102-93(111)30-24-18-21-27-39-120-42-33-105(90-83-98(9,10)108(114)99(11,12)84-90)36-45-123-54-57-129-66-69-135-75-72-132-63-60-126-51-48-117-15/h76-78,88-90H,16-75,79-84H2,1-15H3,(H,100,109)(H,101,110)(H,102,111). The number of nitrogens with zero attached hydrogens (tertiary/aromatic N) is 6. The first-order valence-corrected chi connectivity index (χ1v) is 50.5. The van der Waals surface area contributed by atoms with Crippen LogP contribution in [0.2, 0.25) is 0 Å². The van der Waals surface area contributed by atoms with Gasteiger partial charge in [0.2, 0.25) is 17.7 Å². The molecule has 3 aliphatic heterocycles. The van der Waals surface area contributed by atoms with E-state index in [1.54, 1.807) is 39.5 Å². The molecule has 3 radical (unpaired) electrons. The number of hydrogen-bond donors (Lipinski definition) is 3. The maximum atomic E-state index is 13.7. The summed E-state index contributed by atoms with van der Waals surface area (Å²) in [5, 5.41) is 53.0. The molecule has 3 N–H and O–H groups in total. The number of hydroxylamine groups is 6. The van der Waals surface area contributed by atoms with Crippen LogP contribution in [0.5, 0.6) is 0 Å². The molecular weight excluding hydrogens is 1750 g/mol. The number of unbranched alkanes of at least 4 members (excludes halogenated alkanes) is 9. The van der Waals surface area contributed by atoms with Gasteiger partial charge in [-0.05, 0) is 178 Å². The van der Waals surface area contributed by atoms with Crippen molar-refractivity contribution in [2.45, 2.75) is 269 Å². The molecule has 1 aromatic carbocycles. The fraction of sp³-hybridized carbons (Fsp3) is 0.909. The predicted octanol–water partition coefficient (Wildman–Crippen LogP) is 11.6. The molecule has 0 bridgehead atoms. The molecule has 0 atom stereocenters. The van der Waals surface area contributed by atoms with Crippen LogP contribution in [0.3, 0.4) is 0 Å². The van der Waals surface area contributed by atoms with E-state index in [0.717, 1.165) is 96.3 Å². The van der Waals surface area contributed by atoms with Crippen molar-refractivity contribution in [3.8, 4) is 0 Å². The van der Waals surface area contributed by atoms with Gasteiger partial charge in [0, 0.05) is 168 Å². The summed E-state index contributed by atoms with van der Waals surface area (Å²) < 4.78 is 119. The Labute approximate surface area is 812 Å². The van der Waals surface area contributed by atoms with Crippen molar-refractivity contribution < 1.29 is 129 Å². The quantitative estimate of drug-likeness (QED) is 0.0510. The van der Waals surface area contributed by atoms with E-state index in [1.807, 2.05) is 83.1 Å². The molecule has 3 heterocycles. The topological polar surface area (TPSA) is 360 Å². The van der Waals surface area contributed by atoms with E-state index in [0.29, 0.717) is 333 Å². The number of piperidine rings is 3. The average molecular weight is 1930 g/mol. The highest BCUT2D eigenvalue weighted by atomic mass is 16.6. The number of anilines is 3. The van der Waals surface area contributed by atoms with Gasteiger partial charge in [0.05, 0.1) is 238 Å². The summed E-state index contributed by atoms with van der Waals surface area (Å²) in [7, 11) is 4.93. The first kappa shape index (κ1) is 124. The molecule has 0 unspecified atom stereocenters. The van der Waals surface area contributed by atoms with Gasteiger partial charge in [-0.1, -0.05) is 38.5 Å². The molecule has 135 heavy (non-hydrogen) atoms. The van der Waals surface area contributed by atoms with Crippen molar-refractivity contribution in [2.75, 3.05) is 334 Å². The van der Waals surface area contributed by atoms with Gasteiger partial charge in [-0.2, -0.15) is 0 Å². The molecule has 36 heteroatoms. The summed E-state index contributed by atoms with van der Waals surface area (Å²) in [4.78, 5) is 48.3. The highest BCUT2D eigenvalue weighted by molar-refractivity contribution is 5.97. The van der Waals surface area contributed by atoms with Crippen LogP contribution in [0.4, 0.5) is 17.1 Å². The van der Waals surface area contributed by atoms with Gasteiger partial charge in [-0.15, -0.1) is 30.8 Å². The van der Waals surface area contributed by atoms with Crippen LogP contribution in [0.1, 0.15) is 218 Å². The molecule has 3 aliphatic rings. The molecule has 0 saturated carbocycles. The van der Waals surface area contributed by atoms with Crippen LogP contribution >= 0.6 is 0 Å². The van der Waals surface area contributed by atoms with Crippen LogP contribution in [0.25, 0.3) is 0 Å². The highest BCUT2D eigenvalue weighted by Crippen LogP contribution is 2.42. The van der Waals surface area contributed by atoms with Crippen molar-refractivity contribution in [3.63, 3.8) is 0 Å². The van der Waals surface area contributed by atoms with E-state index in [2.05, 4.69) is 30.7 Å². The third kappa shape index (κ3) is 58.7. The number of benzene rings is 1. The zero-order valence-electron chi connectivity index (χ0n) is 86.3. The maximum absolute atomic E-state index is 13.7. The average Bonchev–Trinajstić information content (AvgIpc) is 0.781. The lowest BCUT2D eigenvalue weighted by molar-refractivity contribution is -0.294. The smallest absolute Gasteiger partial charge is 0.224 e. The fourth-order valence-corrected chi connectivity index (χ4v) is 17.7. The van der Waals surface area contributed by atoms with E-state index in [4.69, 9.17) is 99.5 Å². The first-order valence-electron chi connectivity index (χ1n) is 50.5. The molecule has 0 aliphatic carbocycles. The second-order valence-electron chi connectivity index (χ2n) is 39.0. The van der Waals surface area contributed by atoms with Gasteiger partial charge in [-0.3, -0.25) is 29.1 Å². The van der Waals surface area contributed by atoms with E-state index in [1.165, 1.54) is 15.2 Å². The number of rotatable bonds is 90. The van der Waals surface area contributed by atoms with Crippen LogP contribution in [0, 0.1) is 0 Å². The lowest BCUT2D eigenvalue weighted by Gasteiger charge is -2.52. The van der Waals surface area contributed by atoms with Crippen LogP contribution in [-0.4, -0.2) is 417 Å². The molecule has 4 rings (SSSR count). The summed E-state index contributed by atoms with van der Waals surface area (Å²) in [5.74, 6) is -0.510. The Morgan fingerprint density at radius 1 is 0.237 bits per heavy atom. The Kier molecular flexibility index (Phi) is 68.9. The zero-order valence-corrected chi connectivity index (χ0v) is 86.3. The zero-order chi connectivity index (χ0) is 98.4. The minimum absolute atomic E-state index is 0.170. The number of carbonyl (C=O) groups excluding carboxylic acids is 3. The minimum atomic E-state index is -0.526. The fourth-order valence-electron chi connectivity index (χ4n) is 17.7. The number of carbonyl (C=O) groups is 3. The maximum Gasteiger partial charge on any atom is 0.224 e. The van der Waals surface area contributed by atoms with E-state index >= 15 is 0 Å². The summed E-state index contributed by atoms with van der Waals surface area (Å²) >= 11 is 0. The molecule has 3 fully saturated rings. The number of hydrogen-bond acceptors (Lipinski definition) is 30. The summed E-state index contributed by atoms with van der Waals surface area (Å²) in [6.07, 6.45) is 14.9. The molecule has 1 aromatic rings. The second kappa shape index (κ2) is 75.2. The third-order valence-corrected chi connectivity index (χ3v) is 24.3. The number of methoxy groups -OCH3 is 3. The van der Waals surface area contributed by atoms with E-state index in [-0.39, 0.29) is 55.1 Å². The van der Waals surface area contributed by atoms with Crippen molar-refractivity contribution >= 4 is 34.8 Å². The number of nitrogens with one attached hydrogen (secondary N) is 3. The van der Waals surface area contributed by atoms with Gasteiger partial charge in [0.25, 0.3) is 0 Å². The summed E-state index contributed by atoms with van der Waals surface area (Å²) in [6.45, 7) is 48.2. The van der Waals surface area contributed by atoms with E-state index in [9.17, 15) is 30.0 Å². The Balaban J connectivity index is 1.25. The monoisotopic (exact) mass is 1930 g/mol. The van der Waals surface area contributed by atoms with Crippen LogP contribution in [-0.2, 0) is 129 Å². The Morgan fingerprint density at radius 3 is 0.556 bits per heavy atom. The second-order valence-corrected chi connectivity index (χ2v) is 39.0. The van der Waals surface area contributed by atoms with Crippen LogP contribution < -0.4 is 16.0 Å². The molecule has 0 aromatic heterocycles. The Bertz CT molecular complexity index is 2690. The van der Waals surface area contributed by atoms with Crippen LogP contribution in [0.15, 0.2) is 18.2 Å². The SMILES string of the molecule is COCCOCCOCCOCCOCCOCCN(CCOCCCCCCC(=O)Nc1cc(NC(=O)CCCCCCOCCN(CCOCCOCCOCCOCCOCCOC)C2CC(C)(C)N([O])C(C)(C)C2)cc(NC(=O)CCCCCCOCCN(CCOCCOCCOCCOCCOCCOC)C2CC(C)(C)N([O])C(C)(C)C2)c1)C1CC(C)(C)N([O])C(C)(C)C1. The van der Waals surface area contributed by atoms with Gasteiger partial charge < -0.3 is 115 Å². The summed E-state index contributed by atoms with van der Waals surface area (Å²) in [5.41, 5.74) is -1.76. The van der Waals surface area contributed by atoms with Gasteiger partial charge >= 0.3 is 0 Å². The Morgan fingerprint density at radius 2 is 0.385 bits per heavy atom. The molecule has 0 spiro atoms. The van der Waals surface area contributed by atoms with Gasteiger partial charge in [0.1, 0.15) is 0 Å². The molecule has 36 nitrogen and oxygen atoms in total. The van der Waals surface area contributed by atoms with Crippen molar-refractivity contribution in [1.82, 2.24) is 29.9 Å². The van der Waals surface area contributed by atoms with E-state index < -0.39 is 33.2 Å².